The Kier molecular flexibility index (Phi) is 11.0. The number of benzene rings is 2. The van der Waals surface area contributed by atoms with E-state index >= 15 is 0 Å². The molecular formula is C22H29BBrNO4. The van der Waals surface area contributed by atoms with E-state index < -0.39 is 7.32 Å². The van der Waals surface area contributed by atoms with Crippen molar-refractivity contribution in [3.05, 3.63) is 58.7 Å². The highest BCUT2D eigenvalue weighted by Gasteiger charge is 2.16. The number of alkyl halides is 1. The number of halogens is 1. The largest absolute Gasteiger partial charge is 0.631 e. The van der Waals surface area contributed by atoms with Gasteiger partial charge in [-0.1, -0.05) is 49.7 Å². The van der Waals surface area contributed by atoms with Gasteiger partial charge in [-0.3, -0.25) is 0 Å². The van der Waals surface area contributed by atoms with Gasteiger partial charge in [0.05, 0.1) is 11.6 Å². The molecule has 29 heavy (non-hydrogen) atoms. The number of rotatable bonds is 7. The zero-order valence-corrected chi connectivity index (χ0v) is 19.0. The fourth-order valence-electron chi connectivity index (χ4n) is 2.97. The van der Waals surface area contributed by atoms with Gasteiger partial charge in [-0.2, -0.15) is 5.26 Å². The van der Waals surface area contributed by atoms with Crippen LogP contribution in [-0.2, 0) is 18.2 Å². The van der Waals surface area contributed by atoms with E-state index in [1.807, 2.05) is 12.1 Å². The van der Waals surface area contributed by atoms with Gasteiger partial charge in [-0.25, -0.2) is 0 Å². The van der Waals surface area contributed by atoms with E-state index in [1.165, 1.54) is 16.7 Å². The lowest BCUT2D eigenvalue weighted by Crippen LogP contribution is -2.07. The molecule has 0 fully saturated rings. The summed E-state index contributed by atoms with van der Waals surface area (Å²) in [6.07, 6.45) is 2.06. The molecule has 5 nitrogen and oxygen atoms in total. The van der Waals surface area contributed by atoms with E-state index in [0.29, 0.717) is 17.4 Å². The van der Waals surface area contributed by atoms with Crippen LogP contribution in [0.5, 0.6) is 11.5 Å². The molecule has 0 aromatic heterocycles. The lowest BCUT2D eigenvalue weighted by Gasteiger charge is -2.20. The SMILES string of the molecule is CC(C)Cc1ccc(Oc2ccc(C#N)cc2)c(CC(C)C)c1CBr.OB(O)O. The zero-order valence-electron chi connectivity index (χ0n) is 17.4. The fourth-order valence-corrected chi connectivity index (χ4v) is 3.67. The van der Waals surface area contributed by atoms with Crippen molar-refractivity contribution in [3.8, 4) is 17.6 Å². The van der Waals surface area contributed by atoms with Gasteiger partial charge < -0.3 is 19.8 Å². The van der Waals surface area contributed by atoms with E-state index in [-0.39, 0.29) is 0 Å². The first-order valence-electron chi connectivity index (χ1n) is 9.59. The van der Waals surface area contributed by atoms with Crippen LogP contribution in [0.2, 0.25) is 0 Å². The number of ether oxygens (including phenoxy) is 1. The molecule has 7 heteroatoms. The number of hydrogen-bond acceptors (Lipinski definition) is 5. The molecule has 0 aliphatic carbocycles. The Labute approximate surface area is 182 Å². The van der Waals surface area contributed by atoms with Crippen LogP contribution in [0.1, 0.15) is 49.9 Å². The van der Waals surface area contributed by atoms with Crippen molar-refractivity contribution in [2.45, 2.75) is 45.9 Å². The summed E-state index contributed by atoms with van der Waals surface area (Å²) < 4.78 is 6.18. The maximum atomic E-state index is 8.94. The Morgan fingerprint density at radius 2 is 1.48 bits per heavy atom. The minimum absolute atomic E-state index is 0.551. The third-order valence-electron chi connectivity index (χ3n) is 4.07. The van der Waals surface area contributed by atoms with Crippen LogP contribution in [0, 0.1) is 23.2 Å². The van der Waals surface area contributed by atoms with Crippen LogP contribution < -0.4 is 4.74 Å². The van der Waals surface area contributed by atoms with Crippen LogP contribution in [0.25, 0.3) is 0 Å². The molecule has 0 bridgehead atoms. The second kappa shape index (κ2) is 12.7. The van der Waals surface area contributed by atoms with Gasteiger partial charge >= 0.3 is 7.32 Å². The topological polar surface area (TPSA) is 93.7 Å². The lowest BCUT2D eigenvalue weighted by molar-refractivity contribution is 0.278. The van der Waals surface area contributed by atoms with Gasteiger partial charge in [0.1, 0.15) is 11.5 Å². The van der Waals surface area contributed by atoms with Gasteiger partial charge in [0.25, 0.3) is 0 Å². The van der Waals surface area contributed by atoms with Gasteiger partial charge in [-0.05, 0) is 71.7 Å². The minimum atomic E-state index is -2.17. The molecular weight excluding hydrogens is 433 g/mol. The van der Waals surface area contributed by atoms with E-state index in [9.17, 15) is 0 Å². The standard InChI is InChI=1S/C22H26BrNO.BH3O3/c1-15(2)11-18-7-10-22(20(12-16(3)4)21(18)13-23)25-19-8-5-17(14-24)6-9-19;2-1(3)4/h5-10,15-16H,11-13H2,1-4H3;2-4H. The normalized spacial score (nSPS) is 10.4. The highest BCUT2D eigenvalue weighted by atomic mass is 79.9. The van der Waals surface area contributed by atoms with Crippen molar-refractivity contribution in [2.24, 2.45) is 11.8 Å². The maximum Gasteiger partial charge on any atom is 0.631 e. The molecule has 0 saturated carbocycles. The summed E-state index contributed by atoms with van der Waals surface area (Å²) in [6, 6.07) is 13.7. The molecule has 2 aromatic carbocycles. The van der Waals surface area contributed by atoms with Gasteiger partial charge in [0, 0.05) is 5.33 Å². The highest BCUT2D eigenvalue weighted by molar-refractivity contribution is 9.08. The summed E-state index contributed by atoms with van der Waals surface area (Å²) in [5.74, 6) is 2.85. The molecule has 0 aliphatic heterocycles. The Balaban J connectivity index is 0.000000960. The lowest BCUT2D eigenvalue weighted by atomic mass is 9.91. The number of hydrogen-bond donors (Lipinski definition) is 3. The predicted octanol–water partition coefficient (Wildman–Crippen LogP) is 4.59. The van der Waals surface area contributed by atoms with Crippen molar-refractivity contribution >= 4 is 23.3 Å². The van der Waals surface area contributed by atoms with Gasteiger partial charge in [0.2, 0.25) is 0 Å². The summed E-state index contributed by atoms with van der Waals surface area (Å²) in [4.78, 5) is 0. The van der Waals surface area contributed by atoms with E-state index in [2.05, 4.69) is 61.8 Å². The minimum Gasteiger partial charge on any atom is -0.457 e. The molecule has 0 aliphatic rings. The van der Waals surface area contributed by atoms with Crippen molar-refractivity contribution in [2.75, 3.05) is 0 Å². The van der Waals surface area contributed by atoms with Crippen LogP contribution in [0.4, 0.5) is 0 Å². The summed E-state index contributed by atoms with van der Waals surface area (Å²) >= 11 is 3.69. The first kappa shape index (κ1) is 25.2. The van der Waals surface area contributed by atoms with Crippen molar-refractivity contribution in [1.82, 2.24) is 0 Å². The number of nitrogens with zero attached hydrogens (tertiary/aromatic N) is 1. The van der Waals surface area contributed by atoms with E-state index in [4.69, 9.17) is 25.1 Å². The zero-order chi connectivity index (χ0) is 22.0. The summed E-state index contributed by atoms with van der Waals surface area (Å²) in [5, 5.41) is 31.3. The van der Waals surface area contributed by atoms with E-state index in [0.717, 1.165) is 29.7 Å². The molecule has 2 aromatic rings. The average molecular weight is 462 g/mol. The summed E-state index contributed by atoms with van der Waals surface area (Å²) in [6.45, 7) is 8.97. The van der Waals surface area contributed by atoms with Gasteiger partial charge in [0.15, 0.2) is 0 Å². The molecule has 0 atom stereocenters. The fraction of sp³-hybridized carbons (Fsp3) is 0.409. The number of nitriles is 1. The van der Waals surface area contributed by atoms with Crippen molar-refractivity contribution in [3.63, 3.8) is 0 Å². The molecule has 0 unspecified atom stereocenters. The molecule has 0 amide bonds. The van der Waals surface area contributed by atoms with Gasteiger partial charge in [-0.15, -0.1) is 0 Å². The molecule has 156 valence electrons. The third kappa shape index (κ3) is 9.01. The van der Waals surface area contributed by atoms with Crippen LogP contribution in [-0.4, -0.2) is 22.4 Å². The first-order chi connectivity index (χ1) is 13.7. The van der Waals surface area contributed by atoms with Crippen LogP contribution >= 0.6 is 15.9 Å². The Hall–Kier alpha value is -1.85. The predicted molar refractivity (Wildman–Crippen MR) is 120 cm³/mol. The smallest absolute Gasteiger partial charge is 0.457 e. The summed E-state index contributed by atoms with van der Waals surface area (Å²) in [5.41, 5.74) is 4.68. The van der Waals surface area contributed by atoms with Crippen LogP contribution in [0.15, 0.2) is 36.4 Å². The molecule has 0 radical (unpaired) electrons. The molecule has 0 spiro atoms. The maximum absolute atomic E-state index is 8.94. The molecule has 0 heterocycles. The first-order valence-corrected chi connectivity index (χ1v) is 10.7. The monoisotopic (exact) mass is 461 g/mol. The molecule has 0 saturated heterocycles. The Morgan fingerprint density at radius 3 is 1.93 bits per heavy atom. The van der Waals surface area contributed by atoms with E-state index in [1.54, 1.807) is 12.1 Å². The average Bonchev–Trinajstić information content (AvgIpc) is 2.63. The highest BCUT2D eigenvalue weighted by Crippen LogP contribution is 2.34. The Morgan fingerprint density at radius 1 is 0.931 bits per heavy atom. The second-order valence-corrected chi connectivity index (χ2v) is 8.15. The Bertz CT molecular complexity index is 799. The quantitative estimate of drug-likeness (QED) is 0.414. The summed E-state index contributed by atoms with van der Waals surface area (Å²) in [7, 11) is -2.17. The molecule has 3 N–H and O–H groups in total. The van der Waals surface area contributed by atoms with Crippen molar-refractivity contribution < 1.29 is 19.8 Å². The third-order valence-corrected chi connectivity index (χ3v) is 4.63. The van der Waals surface area contributed by atoms with Crippen LogP contribution in [0.3, 0.4) is 0 Å². The second-order valence-electron chi connectivity index (χ2n) is 7.59. The molecule has 2 rings (SSSR count). The van der Waals surface area contributed by atoms with Crippen molar-refractivity contribution in [1.29, 1.82) is 5.26 Å².